The van der Waals surface area contributed by atoms with Gasteiger partial charge in [-0.25, -0.2) is 0 Å². The highest BCUT2D eigenvalue weighted by molar-refractivity contribution is 9.10. The second-order valence-corrected chi connectivity index (χ2v) is 6.13. The minimum Gasteiger partial charge on any atom is -0.455 e. The third kappa shape index (κ3) is 2.36. The molecule has 0 aliphatic rings. The molecule has 22 heavy (non-hydrogen) atoms. The van der Waals surface area contributed by atoms with Crippen LogP contribution in [-0.4, -0.2) is 0 Å². The summed E-state index contributed by atoms with van der Waals surface area (Å²) >= 11 is 3.53. The van der Waals surface area contributed by atoms with Crippen LogP contribution >= 0.6 is 15.9 Å². The molecule has 0 bridgehead atoms. The zero-order chi connectivity index (χ0) is 14.9. The Morgan fingerprint density at radius 1 is 0.682 bits per heavy atom. The van der Waals surface area contributed by atoms with Crippen molar-refractivity contribution < 1.29 is 4.42 Å². The number of halogens is 1. The molecule has 4 aromatic rings. The van der Waals surface area contributed by atoms with Crippen LogP contribution in [0.2, 0.25) is 0 Å². The molecule has 106 valence electrons. The van der Waals surface area contributed by atoms with Crippen LogP contribution in [0.4, 0.5) is 0 Å². The summed E-state index contributed by atoms with van der Waals surface area (Å²) < 4.78 is 7.23. The van der Waals surface area contributed by atoms with E-state index in [-0.39, 0.29) is 0 Å². The van der Waals surface area contributed by atoms with Crippen molar-refractivity contribution in [3.8, 4) is 22.5 Å². The second-order valence-electron chi connectivity index (χ2n) is 5.21. The molecule has 1 nitrogen and oxygen atoms in total. The normalized spacial score (nSPS) is 11.0. The Bertz CT molecular complexity index is 938. The third-order valence-corrected chi connectivity index (χ3v) is 4.23. The van der Waals surface area contributed by atoms with Crippen molar-refractivity contribution in [3.63, 3.8) is 0 Å². The van der Waals surface area contributed by atoms with E-state index in [1.165, 1.54) is 0 Å². The topological polar surface area (TPSA) is 13.1 Å². The molecule has 0 radical (unpaired) electrons. The molecule has 0 unspecified atom stereocenters. The highest BCUT2D eigenvalue weighted by Gasteiger charge is 2.11. The Kier molecular flexibility index (Phi) is 3.32. The first-order valence-electron chi connectivity index (χ1n) is 7.15. The maximum Gasteiger partial charge on any atom is 0.142 e. The summed E-state index contributed by atoms with van der Waals surface area (Å²) in [5.74, 6) is 0.901. The molecular weight excluding hydrogens is 336 g/mol. The van der Waals surface area contributed by atoms with Crippen LogP contribution in [-0.2, 0) is 0 Å². The van der Waals surface area contributed by atoms with E-state index in [1.54, 1.807) is 0 Å². The molecule has 0 saturated carbocycles. The van der Waals surface area contributed by atoms with Crippen molar-refractivity contribution >= 4 is 26.9 Å². The maximum atomic E-state index is 6.16. The van der Waals surface area contributed by atoms with E-state index in [1.807, 2.05) is 30.3 Å². The van der Waals surface area contributed by atoms with Crippen LogP contribution in [0.25, 0.3) is 33.4 Å². The standard InChI is InChI=1S/C20H13BrO/c21-17-10-4-8-15(12-17)18-11-5-9-16-13-19(22-20(16)18)14-6-2-1-3-7-14/h1-13H. The summed E-state index contributed by atoms with van der Waals surface area (Å²) in [6.07, 6.45) is 0. The van der Waals surface area contributed by atoms with Gasteiger partial charge >= 0.3 is 0 Å². The molecule has 0 aliphatic heterocycles. The lowest BCUT2D eigenvalue weighted by Crippen LogP contribution is -1.78. The minimum atomic E-state index is 0.901. The summed E-state index contributed by atoms with van der Waals surface area (Å²) in [5.41, 5.74) is 4.29. The van der Waals surface area contributed by atoms with Crippen LogP contribution in [0.1, 0.15) is 0 Å². The first-order valence-corrected chi connectivity index (χ1v) is 7.94. The van der Waals surface area contributed by atoms with Gasteiger partial charge < -0.3 is 4.42 Å². The Balaban J connectivity index is 1.92. The van der Waals surface area contributed by atoms with Gasteiger partial charge in [0.25, 0.3) is 0 Å². The molecule has 0 saturated heterocycles. The maximum absolute atomic E-state index is 6.16. The summed E-state index contributed by atoms with van der Waals surface area (Å²) in [4.78, 5) is 0. The van der Waals surface area contributed by atoms with Crippen LogP contribution < -0.4 is 0 Å². The van der Waals surface area contributed by atoms with Gasteiger partial charge in [0.1, 0.15) is 11.3 Å². The first kappa shape index (κ1) is 13.4. The summed E-state index contributed by atoms with van der Waals surface area (Å²) in [5, 5.41) is 1.12. The molecule has 4 rings (SSSR count). The number of hydrogen-bond acceptors (Lipinski definition) is 1. The Labute approximate surface area is 137 Å². The fourth-order valence-electron chi connectivity index (χ4n) is 2.69. The lowest BCUT2D eigenvalue weighted by molar-refractivity contribution is 0.632. The van der Waals surface area contributed by atoms with Crippen molar-refractivity contribution in [1.82, 2.24) is 0 Å². The molecule has 0 atom stereocenters. The lowest BCUT2D eigenvalue weighted by Gasteiger charge is -2.03. The minimum absolute atomic E-state index is 0.901. The molecule has 0 N–H and O–H groups in total. The number of para-hydroxylation sites is 1. The predicted octanol–water partition coefficient (Wildman–Crippen LogP) is 6.53. The number of rotatable bonds is 2. The smallest absolute Gasteiger partial charge is 0.142 e. The van der Waals surface area contributed by atoms with Gasteiger partial charge in [-0.2, -0.15) is 0 Å². The average Bonchev–Trinajstić information content (AvgIpc) is 3.00. The highest BCUT2D eigenvalue weighted by Crippen LogP contribution is 2.35. The van der Waals surface area contributed by atoms with Crippen molar-refractivity contribution in [3.05, 3.63) is 83.3 Å². The molecule has 0 amide bonds. The van der Waals surface area contributed by atoms with Crippen LogP contribution in [0, 0.1) is 0 Å². The molecule has 3 aromatic carbocycles. The van der Waals surface area contributed by atoms with Crippen LogP contribution in [0.3, 0.4) is 0 Å². The van der Waals surface area contributed by atoms with Gasteiger partial charge in [-0.3, -0.25) is 0 Å². The molecule has 0 spiro atoms. The Morgan fingerprint density at radius 3 is 2.27 bits per heavy atom. The van der Waals surface area contributed by atoms with E-state index < -0.39 is 0 Å². The monoisotopic (exact) mass is 348 g/mol. The number of benzene rings is 3. The van der Waals surface area contributed by atoms with Gasteiger partial charge in [0, 0.05) is 21.0 Å². The second kappa shape index (κ2) is 5.47. The number of hydrogen-bond donors (Lipinski definition) is 0. The van der Waals surface area contributed by atoms with Crippen molar-refractivity contribution in [2.45, 2.75) is 0 Å². The van der Waals surface area contributed by atoms with E-state index in [9.17, 15) is 0 Å². The van der Waals surface area contributed by atoms with Gasteiger partial charge in [0.05, 0.1) is 0 Å². The van der Waals surface area contributed by atoms with E-state index >= 15 is 0 Å². The van der Waals surface area contributed by atoms with Gasteiger partial charge in [-0.15, -0.1) is 0 Å². The third-order valence-electron chi connectivity index (χ3n) is 3.74. The number of furan rings is 1. The van der Waals surface area contributed by atoms with E-state index in [2.05, 4.69) is 64.5 Å². The fraction of sp³-hybridized carbons (Fsp3) is 0. The summed E-state index contributed by atoms with van der Waals surface area (Å²) in [6.45, 7) is 0. The summed E-state index contributed by atoms with van der Waals surface area (Å²) in [7, 11) is 0. The molecule has 1 aromatic heterocycles. The van der Waals surface area contributed by atoms with Crippen LogP contribution in [0.5, 0.6) is 0 Å². The summed E-state index contributed by atoms with van der Waals surface area (Å²) in [6, 6.07) is 26.8. The van der Waals surface area contributed by atoms with Gasteiger partial charge in [-0.05, 0) is 23.8 Å². The SMILES string of the molecule is Brc1cccc(-c2cccc3cc(-c4ccccc4)oc23)c1. The average molecular weight is 349 g/mol. The van der Waals surface area contributed by atoms with Crippen LogP contribution in [0.15, 0.2) is 87.8 Å². The van der Waals surface area contributed by atoms with E-state index in [0.29, 0.717) is 0 Å². The van der Waals surface area contributed by atoms with Gasteiger partial charge in [0.2, 0.25) is 0 Å². The Hall–Kier alpha value is -2.32. The van der Waals surface area contributed by atoms with Gasteiger partial charge in [0.15, 0.2) is 0 Å². The Morgan fingerprint density at radius 2 is 1.45 bits per heavy atom. The van der Waals surface area contributed by atoms with Gasteiger partial charge in [-0.1, -0.05) is 76.6 Å². The largest absolute Gasteiger partial charge is 0.455 e. The predicted molar refractivity (Wildman–Crippen MR) is 94.8 cm³/mol. The fourth-order valence-corrected chi connectivity index (χ4v) is 3.09. The molecular formula is C20H13BrO. The van der Waals surface area contributed by atoms with Crippen molar-refractivity contribution in [2.24, 2.45) is 0 Å². The van der Waals surface area contributed by atoms with E-state index in [0.717, 1.165) is 37.9 Å². The highest BCUT2D eigenvalue weighted by atomic mass is 79.9. The molecule has 0 fully saturated rings. The zero-order valence-electron chi connectivity index (χ0n) is 11.8. The molecule has 0 aliphatic carbocycles. The van der Waals surface area contributed by atoms with E-state index in [4.69, 9.17) is 4.42 Å². The first-order chi connectivity index (χ1) is 10.8. The quantitative estimate of drug-likeness (QED) is 0.401. The van der Waals surface area contributed by atoms with Crippen molar-refractivity contribution in [2.75, 3.05) is 0 Å². The van der Waals surface area contributed by atoms with Crippen molar-refractivity contribution in [1.29, 1.82) is 0 Å². The lowest BCUT2D eigenvalue weighted by atomic mass is 10.0. The zero-order valence-corrected chi connectivity index (χ0v) is 13.4. The molecule has 2 heteroatoms. The number of fused-ring (bicyclic) bond motifs is 1. The molecule has 1 heterocycles.